The van der Waals surface area contributed by atoms with Gasteiger partial charge in [-0.05, 0) is 50.2 Å². The number of carbonyl (C=O) groups excluding carboxylic acids is 1. The molecule has 0 bridgehead atoms. The van der Waals surface area contributed by atoms with Crippen molar-refractivity contribution in [3.05, 3.63) is 68.5 Å². The number of hydrogen-bond acceptors (Lipinski definition) is 3. The molecule has 1 aromatic heterocycles. The molecule has 1 amide bonds. The molecule has 0 radical (unpaired) electrons. The first kappa shape index (κ1) is 18.6. The number of fused-ring (bicyclic) bond motifs is 1. The van der Waals surface area contributed by atoms with Gasteiger partial charge in [0, 0.05) is 21.0 Å². The van der Waals surface area contributed by atoms with Gasteiger partial charge in [0.25, 0.3) is 0 Å². The molecule has 0 aliphatic carbocycles. The Morgan fingerprint density at radius 1 is 1.31 bits per heavy atom. The summed E-state index contributed by atoms with van der Waals surface area (Å²) in [5.41, 5.74) is 7.98. The van der Waals surface area contributed by atoms with Gasteiger partial charge in [-0.3, -0.25) is 9.78 Å². The van der Waals surface area contributed by atoms with Crippen LogP contribution in [0, 0.1) is 12.7 Å². The molecule has 0 aliphatic heterocycles. The fourth-order valence-corrected chi connectivity index (χ4v) is 3.36. The van der Waals surface area contributed by atoms with Gasteiger partial charge >= 0.3 is 0 Å². The Kier molecular flexibility index (Phi) is 5.16. The van der Waals surface area contributed by atoms with Crippen molar-refractivity contribution in [1.82, 2.24) is 4.98 Å². The molecule has 0 aliphatic rings. The molecule has 3 rings (SSSR count). The van der Waals surface area contributed by atoms with Crippen molar-refractivity contribution in [2.24, 2.45) is 5.73 Å². The highest BCUT2D eigenvalue weighted by Crippen LogP contribution is 2.36. The summed E-state index contributed by atoms with van der Waals surface area (Å²) in [6.07, 6.45) is 0. The number of aromatic nitrogens is 1. The van der Waals surface area contributed by atoms with Gasteiger partial charge in [0.15, 0.2) is 0 Å². The highest BCUT2D eigenvalue weighted by molar-refractivity contribution is 9.10. The lowest BCUT2D eigenvalue weighted by Gasteiger charge is -2.20. The maximum Gasteiger partial charge on any atom is 0.248 e. The van der Waals surface area contributed by atoms with Crippen LogP contribution in [0.15, 0.2) is 40.9 Å². The third-order valence-electron chi connectivity index (χ3n) is 4.16. The molecule has 3 N–H and O–H groups in total. The predicted octanol–water partition coefficient (Wildman–Crippen LogP) is 5.37. The molecule has 0 saturated carbocycles. The van der Waals surface area contributed by atoms with E-state index in [1.807, 2.05) is 25.1 Å². The van der Waals surface area contributed by atoms with Gasteiger partial charge in [-0.15, -0.1) is 0 Å². The largest absolute Gasteiger partial charge is 0.377 e. The van der Waals surface area contributed by atoms with E-state index in [1.54, 1.807) is 6.92 Å². The minimum Gasteiger partial charge on any atom is -0.377 e. The molecule has 3 aromatic rings. The van der Waals surface area contributed by atoms with Crippen LogP contribution in [0.1, 0.15) is 34.6 Å². The maximum absolute atomic E-state index is 14.3. The number of carbonyl (C=O) groups is 1. The second-order valence-electron chi connectivity index (χ2n) is 6.01. The third kappa shape index (κ3) is 3.52. The van der Waals surface area contributed by atoms with Gasteiger partial charge in [-0.1, -0.05) is 27.5 Å². The van der Waals surface area contributed by atoms with Crippen LogP contribution in [0.25, 0.3) is 10.9 Å². The zero-order valence-electron chi connectivity index (χ0n) is 14.1. The average Bonchev–Trinajstić information content (AvgIpc) is 2.59. The number of nitrogens with zero attached hydrogens (tertiary/aromatic N) is 1. The minimum absolute atomic E-state index is 0.250. The normalized spacial score (nSPS) is 12.2. The van der Waals surface area contributed by atoms with Crippen LogP contribution in [0.5, 0.6) is 0 Å². The van der Waals surface area contributed by atoms with Gasteiger partial charge in [-0.2, -0.15) is 0 Å². The number of nitrogens with two attached hydrogens (primary N) is 1. The fraction of sp³-hybridized carbons (Fsp3) is 0.158. The molecule has 1 heterocycles. The number of primary amides is 1. The number of halogens is 3. The lowest BCUT2D eigenvalue weighted by molar-refractivity contribution is 0.1000. The topological polar surface area (TPSA) is 68.0 Å². The Morgan fingerprint density at radius 2 is 2.04 bits per heavy atom. The van der Waals surface area contributed by atoms with Gasteiger partial charge < -0.3 is 11.1 Å². The van der Waals surface area contributed by atoms with Crippen molar-refractivity contribution in [3.63, 3.8) is 0 Å². The number of anilines is 1. The molecule has 0 saturated heterocycles. The number of hydrogen-bond donors (Lipinski definition) is 2. The molecule has 4 nitrogen and oxygen atoms in total. The first-order chi connectivity index (χ1) is 12.3. The van der Waals surface area contributed by atoms with Crippen LogP contribution in [-0.4, -0.2) is 10.9 Å². The van der Waals surface area contributed by atoms with Gasteiger partial charge in [0.1, 0.15) is 5.82 Å². The summed E-state index contributed by atoms with van der Waals surface area (Å²) in [7, 11) is 0. The zero-order chi connectivity index (χ0) is 19.0. The molecule has 1 unspecified atom stereocenters. The van der Waals surface area contributed by atoms with Gasteiger partial charge in [-0.25, -0.2) is 4.39 Å². The second-order valence-corrected chi connectivity index (χ2v) is 7.31. The summed E-state index contributed by atoms with van der Waals surface area (Å²) in [5.74, 6) is -1.03. The van der Waals surface area contributed by atoms with E-state index < -0.39 is 17.8 Å². The van der Waals surface area contributed by atoms with Crippen LogP contribution >= 0.6 is 27.5 Å². The zero-order valence-corrected chi connectivity index (χ0v) is 16.5. The van der Waals surface area contributed by atoms with Crippen molar-refractivity contribution in [2.75, 3.05) is 5.32 Å². The highest BCUT2D eigenvalue weighted by atomic mass is 79.9. The summed E-state index contributed by atoms with van der Waals surface area (Å²) in [6.45, 7) is 3.60. The molecule has 7 heteroatoms. The number of aryl methyl sites for hydroxylation is 1. The lowest BCUT2D eigenvalue weighted by Crippen LogP contribution is -2.14. The highest BCUT2D eigenvalue weighted by Gasteiger charge is 2.18. The molecule has 26 heavy (non-hydrogen) atoms. The molecule has 2 aromatic carbocycles. The number of rotatable bonds is 4. The van der Waals surface area contributed by atoms with E-state index in [4.69, 9.17) is 17.3 Å². The Bertz CT molecular complexity index is 1030. The predicted molar refractivity (Wildman–Crippen MR) is 106 cm³/mol. The standard InChI is InChI=1S/C19H16BrClFN3O/c1-9(13-7-11(19(23)26)3-5-15(13)22)25-18-14-8-12(20)4-6-16(14)24-10(2)17(18)21/h3-9H,1-2H3,(H2,23,26)(H,24,25). The summed E-state index contributed by atoms with van der Waals surface area (Å²) in [6, 6.07) is 9.29. The molecule has 134 valence electrons. The van der Waals surface area contributed by atoms with E-state index in [-0.39, 0.29) is 5.56 Å². The average molecular weight is 437 g/mol. The smallest absolute Gasteiger partial charge is 0.248 e. The minimum atomic E-state index is -0.606. The van der Waals surface area contributed by atoms with E-state index >= 15 is 0 Å². The maximum atomic E-state index is 14.3. The number of benzene rings is 2. The van der Waals surface area contributed by atoms with E-state index in [0.29, 0.717) is 22.0 Å². The second kappa shape index (κ2) is 7.21. The first-order valence-electron chi connectivity index (χ1n) is 7.89. The molecule has 0 spiro atoms. The number of amides is 1. The lowest BCUT2D eigenvalue weighted by atomic mass is 10.0. The van der Waals surface area contributed by atoms with Crippen LogP contribution in [-0.2, 0) is 0 Å². The van der Waals surface area contributed by atoms with Crippen LogP contribution in [0.4, 0.5) is 10.1 Å². The Balaban J connectivity index is 2.09. The Hall–Kier alpha value is -2.18. The summed E-state index contributed by atoms with van der Waals surface area (Å²) in [4.78, 5) is 15.9. The van der Waals surface area contributed by atoms with Crippen molar-refractivity contribution in [2.45, 2.75) is 19.9 Å². The summed E-state index contributed by atoms with van der Waals surface area (Å²) >= 11 is 9.92. The van der Waals surface area contributed by atoms with Crippen molar-refractivity contribution >= 4 is 50.0 Å². The Labute approximate surface area is 163 Å². The van der Waals surface area contributed by atoms with Crippen molar-refractivity contribution in [3.8, 4) is 0 Å². The van der Waals surface area contributed by atoms with Crippen molar-refractivity contribution in [1.29, 1.82) is 0 Å². The quantitative estimate of drug-likeness (QED) is 0.578. The molecular formula is C19H16BrClFN3O. The first-order valence-corrected chi connectivity index (χ1v) is 9.06. The SMILES string of the molecule is Cc1nc2ccc(Br)cc2c(NC(C)c2cc(C(N)=O)ccc2F)c1Cl. The van der Waals surface area contributed by atoms with Crippen LogP contribution in [0.3, 0.4) is 0 Å². The van der Waals surface area contributed by atoms with Crippen molar-refractivity contribution < 1.29 is 9.18 Å². The fourth-order valence-electron chi connectivity index (χ4n) is 2.80. The van der Waals surface area contributed by atoms with E-state index in [1.165, 1.54) is 18.2 Å². The molecule has 0 fully saturated rings. The summed E-state index contributed by atoms with van der Waals surface area (Å²) in [5, 5.41) is 4.54. The Morgan fingerprint density at radius 3 is 2.73 bits per heavy atom. The van der Waals surface area contributed by atoms with E-state index in [0.717, 1.165) is 15.4 Å². The van der Waals surface area contributed by atoms with Crippen LogP contribution < -0.4 is 11.1 Å². The van der Waals surface area contributed by atoms with Gasteiger partial charge in [0.05, 0.1) is 28.0 Å². The van der Waals surface area contributed by atoms with E-state index in [9.17, 15) is 9.18 Å². The van der Waals surface area contributed by atoms with Gasteiger partial charge in [0.2, 0.25) is 5.91 Å². The number of pyridine rings is 1. The van der Waals surface area contributed by atoms with E-state index in [2.05, 4.69) is 26.2 Å². The monoisotopic (exact) mass is 435 g/mol. The molecule has 1 atom stereocenters. The third-order valence-corrected chi connectivity index (χ3v) is 5.12. The summed E-state index contributed by atoms with van der Waals surface area (Å²) < 4.78 is 15.2. The van der Waals surface area contributed by atoms with Crippen LogP contribution in [0.2, 0.25) is 5.02 Å². The number of nitrogens with one attached hydrogen (secondary N) is 1. The molecular weight excluding hydrogens is 421 g/mol.